The third-order valence-electron chi connectivity index (χ3n) is 1.83. The molecule has 1 heterocycles. The molecule has 0 radical (unpaired) electrons. The number of hydrogen-bond donors (Lipinski definition) is 1. The Morgan fingerprint density at radius 2 is 2.31 bits per heavy atom. The van der Waals surface area contributed by atoms with E-state index in [-0.39, 0.29) is 5.75 Å². The highest BCUT2D eigenvalue weighted by atomic mass is 35.5. The Kier molecular flexibility index (Phi) is 2.06. The van der Waals surface area contributed by atoms with E-state index in [1.807, 2.05) is 11.4 Å². The molecule has 0 aliphatic carbocycles. The summed E-state index contributed by atoms with van der Waals surface area (Å²) in [5, 5.41) is 12.9. The third kappa shape index (κ3) is 1.24. The number of fused-ring (bicyclic) bond motifs is 1. The predicted molar refractivity (Wildman–Crippen MR) is 55.1 cm³/mol. The van der Waals surface area contributed by atoms with E-state index >= 15 is 0 Å². The molecule has 1 aromatic carbocycles. The Bertz CT molecular complexity index is 450. The lowest BCUT2D eigenvalue weighted by molar-refractivity contribution is 0.378. The molecule has 2 rings (SSSR count). The Morgan fingerprint density at radius 1 is 1.54 bits per heavy atom. The van der Waals surface area contributed by atoms with Crippen molar-refractivity contribution in [3.8, 4) is 11.5 Å². The Morgan fingerprint density at radius 3 is 3.00 bits per heavy atom. The van der Waals surface area contributed by atoms with E-state index in [0.29, 0.717) is 10.8 Å². The number of ether oxygens (including phenoxy) is 1. The first-order valence-electron chi connectivity index (χ1n) is 3.66. The number of rotatable bonds is 1. The summed E-state index contributed by atoms with van der Waals surface area (Å²) in [5.74, 6) is 0.580. The minimum atomic E-state index is 0.0856. The van der Waals surface area contributed by atoms with Crippen LogP contribution in [0.5, 0.6) is 11.5 Å². The van der Waals surface area contributed by atoms with Crippen molar-refractivity contribution in [2.45, 2.75) is 0 Å². The van der Waals surface area contributed by atoms with Gasteiger partial charge in [0, 0.05) is 11.5 Å². The van der Waals surface area contributed by atoms with E-state index in [4.69, 9.17) is 16.3 Å². The monoisotopic (exact) mass is 214 g/mol. The summed E-state index contributed by atoms with van der Waals surface area (Å²) in [6, 6.07) is 3.40. The molecule has 4 heteroatoms. The summed E-state index contributed by atoms with van der Waals surface area (Å²) in [6.07, 6.45) is 0. The van der Waals surface area contributed by atoms with Gasteiger partial charge in [-0.15, -0.1) is 11.3 Å². The molecule has 0 amide bonds. The summed E-state index contributed by atoms with van der Waals surface area (Å²) < 4.78 is 5.96. The van der Waals surface area contributed by atoms with Gasteiger partial charge in [0.25, 0.3) is 0 Å². The lowest BCUT2D eigenvalue weighted by Gasteiger charge is -2.05. The highest BCUT2D eigenvalue weighted by Gasteiger charge is 2.11. The molecule has 0 atom stereocenters. The maximum Gasteiger partial charge on any atom is 0.178 e. The van der Waals surface area contributed by atoms with Crippen LogP contribution in [0.2, 0.25) is 5.02 Å². The number of halogens is 1. The van der Waals surface area contributed by atoms with Crippen LogP contribution in [0, 0.1) is 0 Å². The number of benzene rings is 1. The van der Waals surface area contributed by atoms with E-state index < -0.39 is 0 Å². The second-order valence-electron chi connectivity index (χ2n) is 2.57. The van der Waals surface area contributed by atoms with E-state index in [2.05, 4.69) is 0 Å². The van der Waals surface area contributed by atoms with Gasteiger partial charge in [-0.05, 0) is 11.4 Å². The lowest BCUT2D eigenvalue weighted by Crippen LogP contribution is -1.83. The van der Waals surface area contributed by atoms with Gasteiger partial charge in [-0.1, -0.05) is 11.6 Å². The molecule has 0 bridgehead atoms. The molecule has 0 saturated heterocycles. The highest BCUT2D eigenvalue weighted by molar-refractivity contribution is 7.17. The molecule has 2 nitrogen and oxygen atoms in total. The summed E-state index contributed by atoms with van der Waals surface area (Å²) in [5.41, 5.74) is 0. The molecular weight excluding hydrogens is 208 g/mol. The fraction of sp³-hybridized carbons (Fsp3) is 0.111. The van der Waals surface area contributed by atoms with E-state index in [9.17, 15) is 5.11 Å². The molecule has 1 aromatic heterocycles. The van der Waals surface area contributed by atoms with Gasteiger partial charge in [-0.2, -0.15) is 0 Å². The molecule has 1 N–H and O–H groups in total. The molecule has 2 aromatic rings. The van der Waals surface area contributed by atoms with Crippen molar-refractivity contribution in [2.24, 2.45) is 0 Å². The number of thiophene rings is 1. The molecule has 0 fully saturated rings. The average Bonchev–Trinajstić information content (AvgIpc) is 2.53. The number of hydrogen-bond acceptors (Lipinski definition) is 3. The molecule has 68 valence electrons. The summed E-state index contributed by atoms with van der Waals surface area (Å²) in [4.78, 5) is 0. The van der Waals surface area contributed by atoms with Gasteiger partial charge in [0.2, 0.25) is 0 Å². The van der Waals surface area contributed by atoms with Crippen molar-refractivity contribution in [1.29, 1.82) is 0 Å². The first-order chi connectivity index (χ1) is 6.24. The van der Waals surface area contributed by atoms with Crippen LogP contribution < -0.4 is 4.74 Å². The lowest BCUT2D eigenvalue weighted by atomic mass is 10.2. The van der Waals surface area contributed by atoms with Crippen LogP contribution in [-0.4, -0.2) is 12.2 Å². The van der Waals surface area contributed by atoms with Crippen LogP contribution in [-0.2, 0) is 0 Å². The van der Waals surface area contributed by atoms with E-state index in [0.717, 1.165) is 10.1 Å². The van der Waals surface area contributed by atoms with Crippen LogP contribution >= 0.6 is 22.9 Å². The number of phenolic OH excluding ortho intramolecular Hbond substituents is 1. The normalized spacial score (nSPS) is 10.6. The maximum absolute atomic E-state index is 9.50. The van der Waals surface area contributed by atoms with Crippen molar-refractivity contribution in [1.82, 2.24) is 0 Å². The van der Waals surface area contributed by atoms with Gasteiger partial charge >= 0.3 is 0 Å². The average molecular weight is 215 g/mol. The van der Waals surface area contributed by atoms with Crippen LogP contribution in [0.3, 0.4) is 0 Å². The molecule has 13 heavy (non-hydrogen) atoms. The zero-order chi connectivity index (χ0) is 9.42. The fourth-order valence-electron chi connectivity index (χ4n) is 1.25. The van der Waals surface area contributed by atoms with Crippen molar-refractivity contribution in [3.63, 3.8) is 0 Å². The van der Waals surface area contributed by atoms with E-state index in [1.54, 1.807) is 0 Å². The summed E-state index contributed by atoms with van der Waals surface area (Å²) in [7, 11) is 1.53. The highest BCUT2D eigenvalue weighted by Crippen LogP contribution is 2.41. The van der Waals surface area contributed by atoms with Gasteiger partial charge in [0.05, 0.1) is 16.8 Å². The standard InChI is InChI=1S/C9H7ClO2S/c1-12-8-7(11)4-6(10)5-2-3-13-9(5)8/h2-4,11H,1H3. The molecule has 0 spiro atoms. The van der Waals surface area contributed by atoms with Crippen LogP contribution in [0.15, 0.2) is 17.5 Å². The second kappa shape index (κ2) is 3.09. The summed E-state index contributed by atoms with van der Waals surface area (Å²) >= 11 is 7.42. The van der Waals surface area contributed by atoms with Gasteiger partial charge in [-0.3, -0.25) is 0 Å². The zero-order valence-corrected chi connectivity index (χ0v) is 8.45. The Labute approximate surface area is 84.3 Å². The Balaban J connectivity index is 2.88. The number of methoxy groups -OCH3 is 1. The van der Waals surface area contributed by atoms with Crippen molar-refractivity contribution in [3.05, 3.63) is 22.5 Å². The van der Waals surface area contributed by atoms with Crippen molar-refractivity contribution in [2.75, 3.05) is 7.11 Å². The molecule has 0 unspecified atom stereocenters. The number of phenols is 1. The Hall–Kier alpha value is -0.930. The topological polar surface area (TPSA) is 29.5 Å². The minimum absolute atomic E-state index is 0.0856. The zero-order valence-electron chi connectivity index (χ0n) is 6.87. The van der Waals surface area contributed by atoms with Gasteiger partial charge in [0.15, 0.2) is 11.5 Å². The molecule has 0 aliphatic heterocycles. The SMILES string of the molecule is COc1c(O)cc(Cl)c2ccsc12. The molecule has 0 aliphatic rings. The smallest absolute Gasteiger partial charge is 0.178 e. The van der Waals surface area contributed by atoms with E-state index in [1.165, 1.54) is 24.5 Å². The van der Waals surface area contributed by atoms with Crippen molar-refractivity contribution >= 4 is 33.0 Å². The quantitative estimate of drug-likeness (QED) is 0.790. The first kappa shape index (κ1) is 8.66. The maximum atomic E-state index is 9.50. The molecular formula is C9H7ClO2S. The second-order valence-corrected chi connectivity index (χ2v) is 3.90. The van der Waals surface area contributed by atoms with Gasteiger partial charge in [0.1, 0.15) is 0 Å². The predicted octanol–water partition coefficient (Wildman–Crippen LogP) is 3.27. The minimum Gasteiger partial charge on any atom is -0.504 e. The largest absolute Gasteiger partial charge is 0.504 e. The van der Waals surface area contributed by atoms with Gasteiger partial charge in [-0.25, -0.2) is 0 Å². The number of aromatic hydroxyl groups is 1. The third-order valence-corrected chi connectivity index (χ3v) is 3.05. The van der Waals surface area contributed by atoms with Crippen LogP contribution in [0.1, 0.15) is 0 Å². The first-order valence-corrected chi connectivity index (χ1v) is 4.92. The van der Waals surface area contributed by atoms with Gasteiger partial charge < -0.3 is 9.84 Å². The van der Waals surface area contributed by atoms with Crippen LogP contribution in [0.4, 0.5) is 0 Å². The fourth-order valence-corrected chi connectivity index (χ4v) is 2.51. The molecule has 0 saturated carbocycles. The van der Waals surface area contributed by atoms with Crippen LogP contribution in [0.25, 0.3) is 10.1 Å². The summed E-state index contributed by atoms with van der Waals surface area (Å²) in [6.45, 7) is 0. The van der Waals surface area contributed by atoms with Crippen molar-refractivity contribution < 1.29 is 9.84 Å².